The van der Waals surface area contributed by atoms with Crippen LogP contribution in [0.1, 0.15) is 23.7 Å². The fourth-order valence-electron chi connectivity index (χ4n) is 2.02. The van der Waals surface area contributed by atoms with Gasteiger partial charge in [-0.1, -0.05) is 37.3 Å². The van der Waals surface area contributed by atoms with Crippen LogP contribution in [0.15, 0.2) is 54.6 Å². The molecule has 0 bridgehead atoms. The molecule has 23 heavy (non-hydrogen) atoms. The van der Waals surface area contributed by atoms with Crippen LogP contribution in [0.25, 0.3) is 0 Å². The van der Waals surface area contributed by atoms with E-state index in [0.29, 0.717) is 23.6 Å². The van der Waals surface area contributed by atoms with Gasteiger partial charge in [0.15, 0.2) is 0 Å². The lowest BCUT2D eigenvalue weighted by molar-refractivity contribution is 0.0951. The van der Waals surface area contributed by atoms with Gasteiger partial charge in [-0.15, -0.1) is 12.4 Å². The Hall–Kier alpha value is -2.04. The Labute approximate surface area is 143 Å². The summed E-state index contributed by atoms with van der Waals surface area (Å²) in [7, 11) is 0. The van der Waals surface area contributed by atoms with Crippen LogP contribution in [-0.2, 0) is 0 Å². The zero-order valence-corrected chi connectivity index (χ0v) is 14.1. The third kappa shape index (κ3) is 6.30. The summed E-state index contributed by atoms with van der Waals surface area (Å²) < 4.78 is 5.80. The fraction of sp³-hybridized carbons (Fsp3) is 0.278. The second-order valence-corrected chi connectivity index (χ2v) is 4.92. The summed E-state index contributed by atoms with van der Waals surface area (Å²) >= 11 is 0. The Morgan fingerprint density at radius 1 is 0.957 bits per heavy atom. The van der Waals surface area contributed by atoms with Crippen molar-refractivity contribution in [1.29, 1.82) is 0 Å². The van der Waals surface area contributed by atoms with E-state index in [1.54, 1.807) is 12.1 Å². The highest BCUT2D eigenvalue weighted by Crippen LogP contribution is 2.24. The smallest absolute Gasteiger partial charge is 0.255 e. The molecule has 0 saturated carbocycles. The van der Waals surface area contributed by atoms with E-state index in [4.69, 9.17) is 4.74 Å². The largest absolute Gasteiger partial charge is 0.457 e. The molecular formula is C18H23ClN2O2. The lowest BCUT2D eigenvalue weighted by atomic mass is 10.2. The van der Waals surface area contributed by atoms with Gasteiger partial charge in [-0.25, -0.2) is 0 Å². The van der Waals surface area contributed by atoms with Crippen LogP contribution in [-0.4, -0.2) is 25.5 Å². The molecule has 0 radical (unpaired) electrons. The number of carbonyl (C=O) groups excluding carboxylic acids is 1. The number of hydrogen-bond donors (Lipinski definition) is 2. The van der Waals surface area contributed by atoms with Gasteiger partial charge in [0.2, 0.25) is 0 Å². The molecule has 124 valence electrons. The number of amides is 1. The van der Waals surface area contributed by atoms with E-state index >= 15 is 0 Å². The summed E-state index contributed by atoms with van der Waals surface area (Å²) in [4.78, 5) is 12.3. The molecule has 2 aromatic rings. The van der Waals surface area contributed by atoms with E-state index in [0.717, 1.165) is 19.5 Å². The van der Waals surface area contributed by atoms with Crippen LogP contribution in [0.5, 0.6) is 11.5 Å². The Bertz CT molecular complexity index is 591. The molecule has 2 rings (SSSR count). The summed E-state index contributed by atoms with van der Waals surface area (Å²) in [6.07, 6.45) is 1.09. The highest BCUT2D eigenvalue weighted by Gasteiger charge is 2.11. The Morgan fingerprint density at radius 3 is 2.39 bits per heavy atom. The van der Waals surface area contributed by atoms with Crippen molar-refractivity contribution < 1.29 is 9.53 Å². The molecule has 0 aliphatic rings. The standard InChI is InChI=1S/C18H22N2O2.ClH/c1-2-12-19-13-14-20-18(21)16-10-6-7-11-17(16)22-15-8-4-3-5-9-15;/h3-11,19H,2,12-14H2,1H3,(H,20,21);1H. The molecule has 5 heteroatoms. The molecule has 0 aromatic heterocycles. The van der Waals surface area contributed by atoms with Crippen molar-refractivity contribution >= 4 is 18.3 Å². The summed E-state index contributed by atoms with van der Waals surface area (Å²) in [6, 6.07) is 16.7. The molecule has 0 aliphatic heterocycles. The Balaban J connectivity index is 0.00000264. The first-order valence-corrected chi connectivity index (χ1v) is 7.62. The summed E-state index contributed by atoms with van der Waals surface area (Å²) in [5.74, 6) is 1.16. The minimum absolute atomic E-state index is 0. The normalized spacial score (nSPS) is 9.78. The van der Waals surface area contributed by atoms with Crippen molar-refractivity contribution in [3.05, 3.63) is 60.2 Å². The second-order valence-electron chi connectivity index (χ2n) is 4.92. The van der Waals surface area contributed by atoms with Gasteiger partial charge < -0.3 is 15.4 Å². The first-order chi connectivity index (χ1) is 10.8. The molecule has 0 unspecified atom stereocenters. The quantitative estimate of drug-likeness (QED) is 0.725. The number of rotatable bonds is 8. The van der Waals surface area contributed by atoms with Gasteiger partial charge in [0.05, 0.1) is 5.56 Å². The molecule has 1 amide bonds. The third-order valence-corrected chi connectivity index (χ3v) is 3.12. The Kier molecular flexibility index (Phi) is 8.80. The molecule has 0 fully saturated rings. The number of para-hydroxylation sites is 2. The van der Waals surface area contributed by atoms with Crippen LogP contribution in [0, 0.1) is 0 Å². The van der Waals surface area contributed by atoms with Gasteiger partial charge in [-0.3, -0.25) is 4.79 Å². The van der Waals surface area contributed by atoms with Gasteiger partial charge in [0.25, 0.3) is 5.91 Å². The van der Waals surface area contributed by atoms with E-state index in [1.807, 2.05) is 42.5 Å². The maximum absolute atomic E-state index is 12.3. The molecule has 0 saturated heterocycles. The molecule has 0 aliphatic carbocycles. The highest BCUT2D eigenvalue weighted by molar-refractivity contribution is 5.97. The predicted molar refractivity (Wildman–Crippen MR) is 95.7 cm³/mol. The van der Waals surface area contributed by atoms with Crippen molar-refractivity contribution in [2.45, 2.75) is 13.3 Å². The first kappa shape index (κ1) is 19.0. The maximum Gasteiger partial charge on any atom is 0.255 e. The zero-order valence-electron chi connectivity index (χ0n) is 13.2. The average Bonchev–Trinajstić information content (AvgIpc) is 2.56. The molecule has 4 nitrogen and oxygen atoms in total. The number of ether oxygens (including phenoxy) is 1. The number of nitrogens with one attached hydrogen (secondary N) is 2. The Morgan fingerprint density at radius 2 is 1.65 bits per heavy atom. The van der Waals surface area contributed by atoms with E-state index in [1.165, 1.54) is 0 Å². The monoisotopic (exact) mass is 334 g/mol. The predicted octanol–water partition coefficient (Wildman–Crippen LogP) is 3.63. The summed E-state index contributed by atoms with van der Waals surface area (Å²) in [6.45, 7) is 4.44. The van der Waals surface area contributed by atoms with E-state index in [-0.39, 0.29) is 18.3 Å². The fourth-order valence-corrected chi connectivity index (χ4v) is 2.02. The SMILES string of the molecule is CCCNCCNC(=O)c1ccccc1Oc1ccccc1.Cl. The molecular weight excluding hydrogens is 312 g/mol. The molecule has 0 spiro atoms. The van der Waals surface area contributed by atoms with Gasteiger partial charge in [0, 0.05) is 13.1 Å². The van der Waals surface area contributed by atoms with Gasteiger partial charge in [-0.2, -0.15) is 0 Å². The van der Waals surface area contributed by atoms with Crippen molar-refractivity contribution in [2.24, 2.45) is 0 Å². The van der Waals surface area contributed by atoms with Gasteiger partial charge in [0.1, 0.15) is 11.5 Å². The highest BCUT2D eigenvalue weighted by atomic mass is 35.5. The molecule has 0 atom stereocenters. The lowest BCUT2D eigenvalue weighted by Gasteiger charge is -2.11. The van der Waals surface area contributed by atoms with Gasteiger partial charge >= 0.3 is 0 Å². The second kappa shape index (κ2) is 10.6. The van der Waals surface area contributed by atoms with Crippen LogP contribution in [0.2, 0.25) is 0 Å². The molecule has 2 N–H and O–H groups in total. The number of hydrogen-bond acceptors (Lipinski definition) is 3. The van der Waals surface area contributed by atoms with Crippen molar-refractivity contribution in [3.8, 4) is 11.5 Å². The maximum atomic E-state index is 12.3. The van der Waals surface area contributed by atoms with Crippen LogP contribution < -0.4 is 15.4 Å². The summed E-state index contributed by atoms with van der Waals surface area (Å²) in [5, 5.41) is 6.15. The number of carbonyl (C=O) groups is 1. The molecule has 2 aromatic carbocycles. The van der Waals surface area contributed by atoms with Crippen LogP contribution in [0.4, 0.5) is 0 Å². The topological polar surface area (TPSA) is 50.4 Å². The number of halogens is 1. The molecule has 0 heterocycles. The summed E-state index contributed by atoms with van der Waals surface area (Å²) in [5.41, 5.74) is 0.543. The lowest BCUT2D eigenvalue weighted by Crippen LogP contribution is -2.32. The third-order valence-electron chi connectivity index (χ3n) is 3.12. The van der Waals surface area contributed by atoms with E-state index in [9.17, 15) is 4.79 Å². The minimum Gasteiger partial charge on any atom is -0.457 e. The first-order valence-electron chi connectivity index (χ1n) is 7.62. The van der Waals surface area contributed by atoms with E-state index in [2.05, 4.69) is 17.6 Å². The van der Waals surface area contributed by atoms with E-state index < -0.39 is 0 Å². The average molecular weight is 335 g/mol. The van der Waals surface area contributed by atoms with Gasteiger partial charge in [-0.05, 0) is 37.2 Å². The minimum atomic E-state index is -0.121. The zero-order chi connectivity index (χ0) is 15.6. The van der Waals surface area contributed by atoms with Crippen molar-refractivity contribution in [2.75, 3.05) is 19.6 Å². The van der Waals surface area contributed by atoms with Crippen LogP contribution >= 0.6 is 12.4 Å². The van der Waals surface area contributed by atoms with Crippen molar-refractivity contribution in [1.82, 2.24) is 10.6 Å². The number of benzene rings is 2. The van der Waals surface area contributed by atoms with Crippen LogP contribution in [0.3, 0.4) is 0 Å². The van der Waals surface area contributed by atoms with Crippen molar-refractivity contribution in [3.63, 3.8) is 0 Å².